The van der Waals surface area contributed by atoms with Gasteiger partial charge in [-0.25, -0.2) is 0 Å². The second-order valence-electron chi connectivity index (χ2n) is 5.88. The zero-order chi connectivity index (χ0) is 15.1. The van der Waals surface area contributed by atoms with E-state index in [1.807, 2.05) is 18.2 Å². The molecule has 2 aromatic carbocycles. The number of para-hydroxylation sites is 1. The average molecular weight is 309 g/mol. The number of hydrogen-bond donors (Lipinski definition) is 1. The van der Waals surface area contributed by atoms with Gasteiger partial charge in [0.25, 0.3) is 0 Å². The van der Waals surface area contributed by atoms with Crippen molar-refractivity contribution in [1.29, 1.82) is 5.41 Å². The Morgan fingerprint density at radius 2 is 1.77 bits per heavy atom. The van der Waals surface area contributed by atoms with Crippen LogP contribution in [0.15, 0.2) is 48.5 Å². The molecule has 0 amide bonds. The van der Waals surface area contributed by atoms with E-state index in [1.54, 1.807) is 0 Å². The van der Waals surface area contributed by atoms with Gasteiger partial charge in [0.1, 0.15) is 0 Å². The molecule has 0 saturated heterocycles. The van der Waals surface area contributed by atoms with Crippen molar-refractivity contribution in [1.82, 2.24) is 4.57 Å². The summed E-state index contributed by atoms with van der Waals surface area (Å²) in [6.07, 6.45) is 3.25. The largest absolute Gasteiger partial charge is 0.340 e. The first-order valence-corrected chi connectivity index (χ1v) is 8.04. The van der Waals surface area contributed by atoms with E-state index in [0.29, 0.717) is 0 Å². The molecule has 0 fully saturated rings. The van der Waals surface area contributed by atoms with Crippen molar-refractivity contribution in [3.8, 4) is 0 Å². The number of fused-ring (bicyclic) bond motifs is 2. The molecule has 0 spiro atoms. The molecule has 0 radical (unpaired) electrons. The Bertz CT molecular complexity index is 907. The van der Waals surface area contributed by atoms with Crippen LogP contribution in [-0.4, -0.2) is 4.57 Å². The minimum Gasteiger partial charge on any atom is -0.340 e. The summed E-state index contributed by atoms with van der Waals surface area (Å²) in [5, 5.41) is 11.0. The van der Waals surface area contributed by atoms with Crippen LogP contribution in [0.2, 0.25) is 5.02 Å². The van der Waals surface area contributed by atoms with Crippen LogP contribution in [0.5, 0.6) is 0 Å². The molecule has 1 N–H and O–H groups in total. The molecule has 1 aliphatic carbocycles. The fourth-order valence-corrected chi connectivity index (χ4v) is 3.60. The number of nitrogens with zero attached hydrogens (tertiary/aromatic N) is 1. The highest BCUT2D eigenvalue weighted by Crippen LogP contribution is 2.25. The predicted octanol–water partition coefficient (Wildman–Crippen LogP) is 4.31. The Balaban J connectivity index is 1.95. The summed E-state index contributed by atoms with van der Waals surface area (Å²) < 4.78 is 2.39. The monoisotopic (exact) mass is 308 g/mol. The highest BCUT2D eigenvalue weighted by atomic mass is 35.5. The lowest BCUT2D eigenvalue weighted by Gasteiger charge is -2.18. The summed E-state index contributed by atoms with van der Waals surface area (Å²) in [5.74, 6) is 0. The molecule has 1 aliphatic rings. The van der Waals surface area contributed by atoms with E-state index in [0.717, 1.165) is 47.1 Å². The van der Waals surface area contributed by atoms with Crippen LogP contribution in [0, 0.1) is 5.41 Å². The summed E-state index contributed by atoms with van der Waals surface area (Å²) in [6.45, 7) is 0.834. The van der Waals surface area contributed by atoms with Crippen LogP contribution in [0.1, 0.15) is 23.2 Å². The summed E-state index contributed by atoms with van der Waals surface area (Å²) in [5.41, 5.74) is 4.96. The van der Waals surface area contributed by atoms with Crippen molar-refractivity contribution >= 4 is 22.5 Å². The van der Waals surface area contributed by atoms with Crippen LogP contribution in [0.25, 0.3) is 10.9 Å². The standard InChI is InChI=1S/C19H17ClN2/c20-14-10-8-13(9-11-14)12-22-17-6-2-1-4-15(17)19(21)16-5-3-7-18(16)22/h1-2,4,6,8-11,21H,3,5,7,12H2. The number of pyridine rings is 1. The molecule has 4 rings (SSSR count). The van der Waals surface area contributed by atoms with Crippen molar-refractivity contribution < 1.29 is 0 Å². The Kier molecular flexibility index (Phi) is 3.27. The van der Waals surface area contributed by atoms with Gasteiger partial charge < -0.3 is 4.57 Å². The molecule has 0 unspecified atom stereocenters. The second kappa shape index (κ2) is 5.29. The first-order valence-electron chi connectivity index (χ1n) is 7.66. The third kappa shape index (κ3) is 2.15. The number of benzene rings is 2. The van der Waals surface area contributed by atoms with Gasteiger partial charge in [0.05, 0.1) is 10.9 Å². The fourth-order valence-electron chi connectivity index (χ4n) is 3.48. The highest BCUT2D eigenvalue weighted by molar-refractivity contribution is 6.30. The lowest BCUT2D eigenvalue weighted by molar-refractivity contribution is 0.760. The molecular weight excluding hydrogens is 292 g/mol. The number of hydrogen-bond acceptors (Lipinski definition) is 1. The zero-order valence-electron chi connectivity index (χ0n) is 12.3. The molecule has 0 saturated carbocycles. The van der Waals surface area contributed by atoms with Gasteiger partial charge in [0.2, 0.25) is 0 Å². The van der Waals surface area contributed by atoms with Crippen molar-refractivity contribution in [2.45, 2.75) is 25.8 Å². The van der Waals surface area contributed by atoms with E-state index in [1.165, 1.54) is 16.8 Å². The molecule has 2 nitrogen and oxygen atoms in total. The molecular formula is C19H17ClN2. The number of nitrogens with one attached hydrogen (secondary N) is 1. The lowest BCUT2D eigenvalue weighted by Crippen LogP contribution is -2.17. The van der Waals surface area contributed by atoms with Crippen molar-refractivity contribution in [2.24, 2.45) is 0 Å². The van der Waals surface area contributed by atoms with Crippen LogP contribution in [0.4, 0.5) is 0 Å². The molecule has 0 bridgehead atoms. The summed E-state index contributed by atoms with van der Waals surface area (Å²) in [4.78, 5) is 0. The highest BCUT2D eigenvalue weighted by Gasteiger charge is 2.19. The van der Waals surface area contributed by atoms with E-state index >= 15 is 0 Å². The predicted molar refractivity (Wildman–Crippen MR) is 90.4 cm³/mol. The van der Waals surface area contributed by atoms with Gasteiger partial charge in [-0.05, 0) is 48.6 Å². The van der Waals surface area contributed by atoms with E-state index in [9.17, 15) is 0 Å². The SMILES string of the molecule is N=c1c2c(n(Cc3ccc(Cl)cc3)c3ccccc13)CCC2. The quantitative estimate of drug-likeness (QED) is 0.731. The first-order chi connectivity index (χ1) is 10.7. The summed E-state index contributed by atoms with van der Waals surface area (Å²) in [7, 11) is 0. The minimum absolute atomic E-state index is 0.718. The van der Waals surface area contributed by atoms with Crippen LogP contribution < -0.4 is 5.36 Å². The maximum Gasteiger partial charge on any atom is 0.0682 e. The molecule has 0 atom stereocenters. The van der Waals surface area contributed by atoms with Gasteiger partial charge in [0.15, 0.2) is 0 Å². The Labute approximate surface area is 134 Å². The Hall–Kier alpha value is -2.06. The average Bonchev–Trinajstić information content (AvgIpc) is 3.03. The van der Waals surface area contributed by atoms with E-state index in [4.69, 9.17) is 17.0 Å². The summed E-state index contributed by atoms with van der Waals surface area (Å²) in [6, 6.07) is 16.3. The van der Waals surface area contributed by atoms with Gasteiger partial charge in [0, 0.05) is 22.6 Å². The van der Waals surface area contributed by atoms with Crippen LogP contribution >= 0.6 is 11.6 Å². The second-order valence-corrected chi connectivity index (χ2v) is 6.32. The number of aromatic nitrogens is 1. The van der Waals surface area contributed by atoms with Gasteiger partial charge in [-0.15, -0.1) is 0 Å². The molecule has 1 aromatic heterocycles. The summed E-state index contributed by atoms with van der Waals surface area (Å²) >= 11 is 5.99. The molecule has 1 heterocycles. The molecule has 0 aliphatic heterocycles. The van der Waals surface area contributed by atoms with E-state index in [2.05, 4.69) is 34.9 Å². The molecule has 3 aromatic rings. The third-order valence-electron chi connectivity index (χ3n) is 4.53. The van der Waals surface area contributed by atoms with E-state index < -0.39 is 0 Å². The molecule has 110 valence electrons. The van der Waals surface area contributed by atoms with Crippen molar-refractivity contribution in [2.75, 3.05) is 0 Å². The maximum absolute atomic E-state index is 8.49. The number of halogens is 1. The minimum atomic E-state index is 0.718. The number of rotatable bonds is 2. The molecule has 22 heavy (non-hydrogen) atoms. The smallest absolute Gasteiger partial charge is 0.0682 e. The van der Waals surface area contributed by atoms with Gasteiger partial charge in [-0.3, -0.25) is 5.41 Å². The van der Waals surface area contributed by atoms with Gasteiger partial charge in [-0.1, -0.05) is 41.9 Å². The lowest BCUT2D eigenvalue weighted by atomic mass is 10.1. The van der Waals surface area contributed by atoms with Gasteiger partial charge in [-0.2, -0.15) is 0 Å². The van der Waals surface area contributed by atoms with Gasteiger partial charge >= 0.3 is 0 Å². The van der Waals surface area contributed by atoms with E-state index in [-0.39, 0.29) is 0 Å². The first kappa shape index (κ1) is 13.6. The normalized spacial score (nSPS) is 13.5. The molecule has 3 heteroatoms. The van der Waals surface area contributed by atoms with Crippen molar-refractivity contribution in [3.05, 3.63) is 75.7 Å². The fraction of sp³-hybridized carbons (Fsp3) is 0.211. The Morgan fingerprint density at radius 3 is 2.59 bits per heavy atom. The third-order valence-corrected chi connectivity index (χ3v) is 4.79. The maximum atomic E-state index is 8.49. The zero-order valence-corrected chi connectivity index (χ0v) is 13.0. The Morgan fingerprint density at radius 1 is 1.00 bits per heavy atom. The topological polar surface area (TPSA) is 28.8 Å². The van der Waals surface area contributed by atoms with Crippen LogP contribution in [0.3, 0.4) is 0 Å². The van der Waals surface area contributed by atoms with Crippen molar-refractivity contribution in [3.63, 3.8) is 0 Å². The van der Waals surface area contributed by atoms with Crippen LogP contribution in [-0.2, 0) is 19.4 Å².